The molecule has 1 aliphatic heterocycles. The molecule has 5 rings (SSSR count). The van der Waals surface area contributed by atoms with Crippen molar-refractivity contribution in [2.75, 3.05) is 36.3 Å². The normalized spacial score (nSPS) is 14.9. The predicted molar refractivity (Wildman–Crippen MR) is 160 cm³/mol. The topological polar surface area (TPSA) is 102 Å². The van der Waals surface area contributed by atoms with Crippen molar-refractivity contribution in [3.63, 3.8) is 0 Å². The maximum atomic E-state index is 14.2. The van der Waals surface area contributed by atoms with E-state index in [-0.39, 0.29) is 24.9 Å². The van der Waals surface area contributed by atoms with Crippen molar-refractivity contribution in [3.8, 4) is 5.75 Å². The van der Waals surface area contributed by atoms with Crippen LogP contribution < -0.4 is 20.3 Å². The number of carbonyl (C=O) groups excluding carboxylic acids is 3. The number of fused-ring (bicyclic) bond motifs is 2. The van der Waals surface area contributed by atoms with Crippen LogP contribution in [0, 0.1) is 5.92 Å². The summed E-state index contributed by atoms with van der Waals surface area (Å²) in [4.78, 5) is 43.7. The van der Waals surface area contributed by atoms with Crippen molar-refractivity contribution in [1.29, 1.82) is 0 Å². The van der Waals surface area contributed by atoms with E-state index in [0.29, 0.717) is 40.4 Å². The van der Waals surface area contributed by atoms with Crippen molar-refractivity contribution in [3.05, 3.63) is 95.6 Å². The lowest BCUT2D eigenvalue weighted by atomic mass is 9.98. The fourth-order valence-electron chi connectivity index (χ4n) is 5.49. The minimum atomic E-state index is -0.422. The number of amides is 2. The lowest BCUT2D eigenvalue weighted by Gasteiger charge is -2.27. The van der Waals surface area contributed by atoms with Crippen LogP contribution >= 0.6 is 0 Å². The summed E-state index contributed by atoms with van der Waals surface area (Å²) in [5, 5.41) is 1.68. The second kappa shape index (κ2) is 11.7. The Morgan fingerprint density at radius 1 is 0.927 bits per heavy atom. The molecule has 41 heavy (non-hydrogen) atoms. The van der Waals surface area contributed by atoms with Gasteiger partial charge in [-0.3, -0.25) is 9.59 Å². The fraction of sp³-hybridized carbons (Fsp3) is 0.242. The van der Waals surface area contributed by atoms with Gasteiger partial charge in [0.2, 0.25) is 5.91 Å². The van der Waals surface area contributed by atoms with Crippen LogP contribution in [0.15, 0.2) is 78.9 Å². The number of nitrogens with zero attached hydrogens (tertiary/aromatic N) is 2. The molecule has 0 aliphatic carbocycles. The molecule has 8 nitrogen and oxygen atoms in total. The van der Waals surface area contributed by atoms with E-state index in [2.05, 4.69) is 0 Å². The molecule has 1 heterocycles. The Labute approximate surface area is 239 Å². The predicted octanol–water partition coefficient (Wildman–Crippen LogP) is 5.83. The fourth-order valence-corrected chi connectivity index (χ4v) is 5.49. The highest BCUT2D eigenvalue weighted by Gasteiger charge is 2.36. The van der Waals surface area contributed by atoms with E-state index in [9.17, 15) is 14.4 Å². The van der Waals surface area contributed by atoms with Gasteiger partial charge in [-0.2, -0.15) is 0 Å². The van der Waals surface area contributed by atoms with Gasteiger partial charge in [0, 0.05) is 23.4 Å². The van der Waals surface area contributed by atoms with E-state index in [1.165, 1.54) is 7.11 Å². The van der Waals surface area contributed by atoms with Crippen LogP contribution in [-0.4, -0.2) is 38.5 Å². The molecule has 1 unspecified atom stereocenters. The van der Waals surface area contributed by atoms with Crippen LogP contribution in [0.3, 0.4) is 0 Å². The summed E-state index contributed by atoms with van der Waals surface area (Å²) in [6.45, 7) is 2.52. The second-order valence-corrected chi connectivity index (χ2v) is 10.1. The molecular formula is C33H33N3O5. The molecule has 210 valence electrons. The number of benzene rings is 4. The second-order valence-electron chi connectivity index (χ2n) is 10.1. The van der Waals surface area contributed by atoms with Gasteiger partial charge in [0.1, 0.15) is 5.75 Å². The van der Waals surface area contributed by atoms with Crippen LogP contribution in [0.25, 0.3) is 10.8 Å². The average Bonchev–Trinajstić information content (AvgIpc) is 3.11. The van der Waals surface area contributed by atoms with Crippen LogP contribution in [-0.2, 0) is 16.1 Å². The Hall–Kier alpha value is -4.85. The standard InChI is InChI=1S/C33H33N3O5/c1-4-7-24-19-35(31(37)21-10-14-25(34)15-11-21)28-8-5-6-9-29(28)36(32(24)38)20-27-26-16-12-23(33(39)41-3)18-22(26)13-17-30(27)40-2/h5-6,8-18,24H,4,7,19-20,34H2,1-3H3. The third-order valence-electron chi connectivity index (χ3n) is 7.57. The number of para-hydroxylation sites is 2. The summed E-state index contributed by atoms with van der Waals surface area (Å²) < 4.78 is 10.6. The number of methoxy groups -OCH3 is 2. The highest BCUT2D eigenvalue weighted by atomic mass is 16.5. The summed E-state index contributed by atoms with van der Waals surface area (Å²) in [7, 11) is 2.95. The summed E-state index contributed by atoms with van der Waals surface area (Å²) in [6, 6.07) is 23.4. The van der Waals surface area contributed by atoms with Gasteiger partial charge in [-0.05, 0) is 71.8 Å². The number of rotatable bonds is 7. The van der Waals surface area contributed by atoms with Crippen LogP contribution in [0.2, 0.25) is 0 Å². The van der Waals surface area contributed by atoms with Gasteiger partial charge in [0.15, 0.2) is 0 Å². The zero-order valence-corrected chi connectivity index (χ0v) is 23.4. The first kappa shape index (κ1) is 27.7. The van der Waals surface area contributed by atoms with Gasteiger partial charge in [-0.1, -0.05) is 37.6 Å². The molecule has 2 N–H and O–H groups in total. The smallest absolute Gasteiger partial charge is 0.337 e. The number of carbonyl (C=O) groups is 3. The number of esters is 1. The third kappa shape index (κ3) is 5.33. The van der Waals surface area contributed by atoms with E-state index < -0.39 is 11.9 Å². The summed E-state index contributed by atoms with van der Waals surface area (Å²) in [6.07, 6.45) is 1.42. The lowest BCUT2D eigenvalue weighted by Crippen LogP contribution is -2.39. The number of nitrogen functional groups attached to an aromatic ring is 1. The Kier molecular flexibility index (Phi) is 7.92. The van der Waals surface area contributed by atoms with Gasteiger partial charge in [0.25, 0.3) is 5.91 Å². The molecule has 0 spiro atoms. The molecule has 8 heteroatoms. The molecule has 0 aromatic heterocycles. The van der Waals surface area contributed by atoms with E-state index in [0.717, 1.165) is 22.8 Å². The average molecular weight is 552 g/mol. The zero-order chi connectivity index (χ0) is 29.1. The monoisotopic (exact) mass is 551 g/mol. The molecule has 0 radical (unpaired) electrons. The van der Waals surface area contributed by atoms with E-state index in [1.54, 1.807) is 53.3 Å². The molecule has 4 aromatic rings. The molecular weight excluding hydrogens is 518 g/mol. The molecule has 1 atom stereocenters. The SMILES string of the molecule is CCCC1CN(C(=O)c2ccc(N)cc2)c2ccccc2N(Cc2c(OC)ccc3cc(C(=O)OC)ccc23)C1=O. The summed E-state index contributed by atoms with van der Waals surface area (Å²) in [5.41, 5.74) is 9.48. The molecule has 0 saturated heterocycles. The van der Waals surface area contributed by atoms with Crippen molar-refractivity contribution in [1.82, 2.24) is 0 Å². The Morgan fingerprint density at radius 2 is 1.63 bits per heavy atom. The molecule has 1 aliphatic rings. The van der Waals surface area contributed by atoms with Gasteiger partial charge in [0.05, 0.1) is 43.6 Å². The van der Waals surface area contributed by atoms with Crippen LogP contribution in [0.5, 0.6) is 5.75 Å². The zero-order valence-electron chi connectivity index (χ0n) is 23.4. The molecule has 4 aromatic carbocycles. The Morgan fingerprint density at radius 3 is 2.32 bits per heavy atom. The highest BCUT2D eigenvalue weighted by molar-refractivity contribution is 6.11. The van der Waals surface area contributed by atoms with Crippen LogP contribution in [0.1, 0.15) is 46.0 Å². The number of ether oxygens (including phenoxy) is 2. The van der Waals surface area contributed by atoms with Gasteiger partial charge in [-0.25, -0.2) is 4.79 Å². The first-order valence-corrected chi connectivity index (χ1v) is 13.6. The molecule has 0 fully saturated rings. The van der Waals surface area contributed by atoms with Crippen LogP contribution in [0.4, 0.5) is 17.1 Å². The van der Waals surface area contributed by atoms with Crippen molar-refractivity contribution < 1.29 is 23.9 Å². The molecule has 2 amide bonds. The minimum absolute atomic E-state index is 0.0582. The van der Waals surface area contributed by atoms with Crippen molar-refractivity contribution >= 4 is 45.6 Å². The van der Waals surface area contributed by atoms with Gasteiger partial charge < -0.3 is 25.0 Å². The maximum absolute atomic E-state index is 14.2. The van der Waals surface area contributed by atoms with Crippen molar-refractivity contribution in [2.45, 2.75) is 26.3 Å². The molecule has 0 bridgehead atoms. The van der Waals surface area contributed by atoms with E-state index >= 15 is 0 Å². The quantitative estimate of drug-likeness (QED) is 0.229. The number of hydrogen-bond donors (Lipinski definition) is 1. The Balaban J connectivity index is 1.63. The summed E-state index contributed by atoms with van der Waals surface area (Å²) >= 11 is 0. The van der Waals surface area contributed by atoms with Gasteiger partial charge in [-0.15, -0.1) is 0 Å². The number of hydrogen-bond acceptors (Lipinski definition) is 6. The van der Waals surface area contributed by atoms with Gasteiger partial charge >= 0.3 is 5.97 Å². The number of nitrogens with two attached hydrogens (primary N) is 1. The van der Waals surface area contributed by atoms with E-state index in [4.69, 9.17) is 15.2 Å². The third-order valence-corrected chi connectivity index (χ3v) is 7.57. The summed E-state index contributed by atoms with van der Waals surface area (Å²) in [5.74, 6) is -0.450. The first-order valence-electron chi connectivity index (χ1n) is 13.6. The van der Waals surface area contributed by atoms with Crippen molar-refractivity contribution in [2.24, 2.45) is 5.92 Å². The lowest BCUT2D eigenvalue weighted by molar-refractivity contribution is -0.122. The van der Waals surface area contributed by atoms with E-state index in [1.807, 2.05) is 49.4 Å². The first-order chi connectivity index (χ1) is 19.9. The Bertz CT molecular complexity index is 1620. The number of anilines is 3. The largest absolute Gasteiger partial charge is 0.496 e. The maximum Gasteiger partial charge on any atom is 0.337 e. The minimum Gasteiger partial charge on any atom is -0.496 e. The highest BCUT2D eigenvalue weighted by Crippen LogP contribution is 2.39. The molecule has 0 saturated carbocycles.